The zero-order valence-corrected chi connectivity index (χ0v) is 16.3. The van der Waals surface area contributed by atoms with Crippen LogP contribution in [0.5, 0.6) is 0 Å². The molecule has 2 heterocycles. The lowest BCUT2D eigenvalue weighted by atomic mass is 9.94. The molecule has 5 rings (SSSR count). The average Bonchev–Trinajstić information content (AvgIpc) is 3.17. The van der Waals surface area contributed by atoms with Crippen LogP contribution in [0.4, 0.5) is 18.9 Å². The molecule has 1 amide bonds. The number of para-hydroxylation sites is 1. The van der Waals surface area contributed by atoms with E-state index in [4.69, 9.17) is 5.73 Å². The molecule has 4 aliphatic rings. The van der Waals surface area contributed by atoms with Crippen LogP contribution in [0, 0.1) is 11.3 Å². The van der Waals surface area contributed by atoms with Gasteiger partial charge in [0.15, 0.2) is 0 Å². The van der Waals surface area contributed by atoms with E-state index in [1.165, 1.54) is 12.2 Å². The quantitative estimate of drug-likeness (QED) is 0.587. The van der Waals surface area contributed by atoms with Gasteiger partial charge in [0.2, 0.25) is 0 Å². The number of carbonyl (C=O) groups excluding carboxylic acids is 1. The van der Waals surface area contributed by atoms with Crippen molar-refractivity contribution in [2.45, 2.75) is 12.4 Å². The first-order valence-electron chi connectivity index (χ1n) is 9.85. The molecular formula is C21H20F3N5O2. The lowest BCUT2D eigenvalue weighted by Crippen LogP contribution is -2.44. The van der Waals surface area contributed by atoms with Crippen LogP contribution in [-0.4, -0.2) is 43.9 Å². The molecular weight excluding hydrogens is 411 g/mol. The number of amidine groups is 1. The largest absolute Gasteiger partial charge is 0.573 e. The van der Waals surface area contributed by atoms with Gasteiger partial charge in [-0.25, -0.2) is 4.99 Å². The number of nitrogens with two attached hydrogens (primary N) is 1. The summed E-state index contributed by atoms with van der Waals surface area (Å²) in [5.41, 5.74) is 7.76. The van der Waals surface area contributed by atoms with Gasteiger partial charge in [0.25, 0.3) is 5.91 Å². The van der Waals surface area contributed by atoms with E-state index in [0.29, 0.717) is 30.2 Å². The Bertz CT molecular complexity index is 1080. The maximum Gasteiger partial charge on any atom is 0.573 e. The third kappa shape index (κ3) is 3.27. The number of alkyl halides is 3. The summed E-state index contributed by atoms with van der Waals surface area (Å²) in [4.78, 5) is 16.3. The van der Waals surface area contributed by atoms with E-state index in [1.54, 1.807) is 18.2 Å². The zero-order chi connectivity index (χ0) is 21.8. The average molecular weight is 431 g/mol. The van der Waals surface area contributed by atoms with Gasteiger partial charge in [-0.15, -0.1) is 13.2 Å². The Morgan fingerprint density at radius 1 is 1.35 bits per heavy atom. The standard InChI is InChI=1S/C21H20F3N5O2/c22-21(23,24)31-11-3-1-6-14-15(7-11)20(14)9-26-8-16(20)29-19-13-5-2-4-12(18(25)30)17(13)27-10-28-19/h1-7,14,16,26-27H,8-10H2,(H2,25,30)(H,28,29). The monoisotopic (exact) mass is 431 g/mol. The van der Waals surface area contributed by atoms with Crippen LogP contribution in [0.3, 0.4) is 0 Å². The molecule has 3 unspecified atom stereocenters. The van der Waals surface area contributed by atoms with Crippen molar-refractivity contribution in [1.29, 1.82) is 0 Å². The van der Waals surface area contributed by atoms with E-state index >= 15 is 0 Å². The van der Waals surface area contributed by atoms with Gasteiger partial charge < -0.3 is 26.4 Å². The summed E-state index contributed by atoms with van der Waals surface area (Å²) in [5, 5.41) is 9.91. The van der Waals surface area contributed by atoms with Crippen molar-refractivity contribution in [3.05, 3.63) is 65.0 Å². The third-order valence-electron chi connectivity index (χ3n) is 6.22. The molecule has 10 heteroatoms. The molecule has 2 fully saturated rings. The summed E-state index contributed by atoms with van der Waals surface area (Å²) in [6.45, 7) is 1.54. The zero-order valence-electron chi connectivity index (χ0n) is 16.3. The second kappa shape index (κ2) is 6.88. The van der Waals surface area contributed by atoms with Crippen LogP contribution in [0.15, 0.2) is 58.8 Å². The van der Waals surface area contributed by atoms with Gasteiger partial charge in [0.1, 0.15) is 18.3 Å². The topological polar surface area (TPSA) is 101 Å². The van der Waals surface area contributed by atoms with Crippen molar-refractivity contribution >= 4 is 17.4 Å². The first-order valence-corrected chi connectivity index (χ1v) is 9.85. The van der Waals surface area contributed by atoms with Crippen LogP contribution in [0.25, 0.3) is 0 Å². The van der Waals surface area contributed by atoms with E-state index in [0.717, 1.165) is 11.1 Å². The number of nitrogens with one attached hydrogen (secondary N) is 3. The molecule has 0 bridgehead atoms. The van der Waals surface area contributed by atoms with Gasteiger partial charge >= 0.3 is 6.36 Å². The van der Waals surface area contributed by atoms with Crippen molar-refractivity contribution in [3.63, 3.8) is 0 Å². The summed E-state index contributed by atoms with van der Waals surface area (Å²) in [5.74, 6) is -0.129. The fourth-order valence-corrected chi connectivity index (χ4v) is 4.86. The minimum atomic E-state index is -4.74. The maximum absolute atomic E-state index is 12.7. The third-order valence-corrected chi connectivity index (χ3v) is 6.22. The molecule has 0 aromatic heterocycles. The highest BCUT2D eigenvalue weighted by atomic mass is 19.4. The van der Waals surface area contributed by atoms with E-state index in [-0.39, 0.29) is 29.8 Å². The summed E-state index contributed by atoms with van der Waals surface area (Å²) < 4.78 is 42.2. The fourth-order valence-electron chi connectivity index (χ4n) is 4.86. The fraction of sp³-hybridized carbons (Fsp3) is 0.333. The minimum absolute atomic E-state index is 0.00400. The number of primary amides is 1. The van der Waals surface area contributed by atoms with Crippen LogP contribution >= 0.6 is 0 Å². The van der Waals surface area contributed by atoms with Crippen LogP contribution in [0.1, 0.15) is 15.9 Å². The number of hydrogen-bond donors (Lipinski definition) is 4. The van der Waals surface area contributed by atoms with E-state index in [9.17, 15) is 18.0 Å². The molecule has 1 aromatic carbocycles. The van der Waals surface area contributed by atoms with Crippen LogP contribution in [0.2, 0.25) is 0 Å². The van der Waals surface area contributed by atoms with E-state index < -0.39 is 12.3 Å². The number of halogens is 3. The number of benzene rings is 1. The van der Waals surface area contributed by atoms with Gasteiger partial charge in [-0.05, 0) is 29.9 Å². The summed E-state index contributed by atoms with van der Waals surface area (Å²) in [7, 11) is 0. The number of rotatable bonds is 3. The van der Waals surface area contributed by atoms with Crippen molar-refractivity contribution < 1.29 is 22.7 Å². The Labute approximate surface area is 175 Å². The highest BCUT2D eigenvalue weighted by Crippen LogP contribution is 2.63. The second-order valence-corrected chi connectivity index (χ2v) is 7.88. The Kier molecular flexibility index (Phi) is 4.37. The minimum Gasteiger partial charge on any atom is -0.406 e. The molecule has 0 radical (unpaired) electrons. The molecule has 31 heavy (non-hydrogen) atoms. The SMILES string of the molecule is NC(=O)c1cccc2c1NCN=C2NC1CNCC12C1=CC(OC(F)(F)F)=CC=CC12. The molecule has 162 valence electrons. The van der Waals surface area contributed by atoms with Crippen molar-refractivity contribution in [2.75, 3.05) is 25.1 Å². The van der Waals surface area contributed by atoms with Gasteiger partial charge in [-0.1, -0.05) is 18.2 Å². The van der Waals surface area contributed by atoms with Crippen molar-refractivity contribution in [1.82, 2.24) is 10.6 Å². The number of amides is 1. The van der Waals surface area contributed by atoms with Crippen molar-refractivity contribution in [3.8, 4) is 0 Å². The molecule has 1 aromatic rings. The van der Waals surface area contributed by atoms with Gasteiger partial charge in [0, 0.05) is 30.0 Å². The van der Waals surface area contributed by atoms with Gasteiger partial charge in [-0.2, -0.15) is 0 Å². The number of nitrogens with zero attached hydrogens (tertiary/aromatic N) is 1. The molecule has 3 atom stereocenters. The lowest BCUT2D eigenvalue weighted by molar-refractivity contribution is -0.303. The maximum atomic E-state index is 12.7. The number of anilines is 1. The Hall–Kier alpha value is -3.27. The molecule has 1 saturated heterocycles. The Balaban J connectivity index is 1.42. The summed E-state index contributed by atoms with van der Waals surface area (Å²) in [6, 6.07) is 5.14. The summed E-state index contributed by atoms with van der Waals surface area (Å²) in [6.07, 6.45) is 1.59. The highest BCUT2D eigenvalue weighted by Gasteiger charge is 2.65. The molecule has 1 spiro atoms. The molecule has 1 saturated carbocycles. The van der Waals surface area contributed by atoms with Crippen LogP contribution < -0.4 is 21.7 Å². The van der Waals surface area contributed by atoms with Gasteiger partial charge in [-0.3, -0.25) is 4.79 Å². The summed E-state index contributed by atoms with van der Waals surface area (Å²) >= 11 is 0. The smallest absolute Gasteiger partial charge is 0.406 e. The van der Waals surface area contributed by atoms with Crippen LogP contribution in [-0.2, 0) is 4.74 Å². The van der Waals surface area contributed by atoms with Gasteiger partial charge in [0.05, 0.1) is 17.3 Å². The predicted octanol–water partition coefficient (Wildman–Crippen LogP) is 2.01. The normalized spacial score (nSPS) is 28.4. The molecule has 7 nitrogen and oxygen atoms in total. The van der Waals surface area contributed by atoms with Crippen molar-refractivity contribution in [2.24, 2.45) is 22.1 Å². The number of allylic oxidation sites excluding steroid dienone is 4. The first-order chi connectivity index (χ1) is 14.8. The molecule has 5 N–H and O–H groups in total. The lowest BCUT2D eigenvalue weighted by Gasteiger charge is -2.26. The number of fused-ring (bicyclic) bond motifs is 4. The Morgan fingerprint density at radius 2 is 2.19 bits per heavy atom. The Morgan fingerprint density at radius 3 is 2.97 bits per heavy atom. The number of aliphatic imine (C=N–C) groups is 1. The second-order valence-electron chi connectivity index (χ2n) is 7.88. The highest BCUT2D eigenvalue weighted by molar-refractivity contribution is 6.10. The van der Waals surface area contributed by atoms with E-state index in [2.05, 4.69) is 25.7 Å². The number of ether oxygens (including phenoxy) is 1. The molecule has 2 aliphatic carbocycles. The number of carbonyl (C=O) groups is 1. The predicted molar refractivity (Wildman–Crippen MR) is 108 cm³/mol. The molecule has 2 aliphatic heterocycles. The van der Waals surface area contributed by atoms with E-state index in [1.807, 2.05) is 12.1 Å². The number of hydrogen-bond acceptors (Lipinski definition) is 6. The first kappa shape index (κ1) is 19.7.